The Morgan fingerprint density at radius 3 is 2.00 bits per heavy atom. The molecule has 0 saturated carbocycles. The van der Waals surface area contributed by atoms with E-state index in [1.165, 1.54) is 36.1 Å². The number of fused-ring (bicyclic) bond motifs is 1. The number of Topliss-reactive ketones (excluding diaryl/α,β-unsaturated/α-hetero) is 2. The number of carbonyl (C=O) groups is 4. The van der Waals surface area contributed by atoms with E-state index in [0.29, 0.717) is 24.3 Å². The van der Waals surface area contributed by atoms with E-state index in [1.54, 1.807) is 24.3 Å². The summed E-state index contributed by atoms with van der Waals surface area (Å²) in [4.78, 5) is 54.2. The second-order valence-electron chi connectivity index (χ2n) is 7.66. The third-order valence-corrected chi connectivity index (χ3v) is 5.65. The van der Waals surface area contributed by atoms with Crippen LogP contribution < -0.4 is 4.90 Å². The monoisotopic (exact) mass is 418 g/mol. The molecule has 31 heavy (non-hydrogen) atoms. The van der Waals surface area contributed by atoms with Crippen LogP contribution >= 0.6 is 0 Å². The topological polar surface area (TPSA) is 95.0 Å². The zero-order valence-corrected chi connectivity index (χ0v) is 17.1. The Hall–Kier alpha value is -3.74. The molecule has 0 atom stereocenters. The number of anilines is 1. The molecule has 2 aromatic carbocycles. The molecule has 4 rings (SSSR count). The van der Waals surface area contributed by atoms with Gasteiger partial charge in [-0.3, -0.25) is 19.3 Å². The summed E-state index contributed by atoms with van der Waals surface area (Å²) in [6.07, 6.45) is 2.84. The van der Waals surface area contributed by atoms with Crippen molar-refractivity contribution < 1.29 is 24.3 Å². The molecule has 1 N–H and O–H groups in total. The van der Waals surface area contributed by atoms with Gasteiger partial charge in [0.05, 0.1) is 5.56 Å². The third kappa shape index (κ3) is 3.63. The Morgan fingerprint density at radius 2 is 1.45 bits per heavy atom. The SMILES string of the molecule is CC(=O)N(C1=C(N2CCCCC2)C(=O)c2ccccc2C1=O)c1ccc(C(=O)O)cc1. The first-order valence-corrected chi connectivity index (χ1v) is 10.2. The van der Waals surface area contributed by atoms with Gasteiger partial charge in [0.1, 0.15) is 11.4 Å². The number of carboxylic acids is 1. The van der Waals surface area contributed by atoms with Crippen molar-refractivity contribution in [2.75, 3.05) is 18.0 Å². The van der Waals surface area contributed by atoms with E-state index < -0.39 is 17.7 Å². The van der Waals surface area contributed by atoms with E-state index in [9.17, 15) is 24.3 Å². The Morgan fingerprint density at radius 1 is 0.871 bits per heavy atom. The van der Waals surface area contributed by atoms with Gasteiger partial charge in [-0.2, -0.15) is 0 Å². The standard InChI is InChI=1S/C24H22N2O5/c1-15(27)26(17-11-9-16(10-12-17)24(30)31)21-20(25-13-5-2-6-14-25)22(28)18-7-3-4-8-19(18)23(21)29/h3-4,7-12H,2,5-6,13-14H2,1H3,(H,30,31). The molecular weight excluding hydrogens is 396 g/mol. The van der Waals surface area contributed by atoms with Crippen molar-refractivity contribution in [3.8, 4) is 0 Å². The molecule has 0 bridgehead atoms. The number of hydrogen-bond acceptors (Lipinski definition) is 5. The summed E-state index contributed by atoms with van der Waals surface area (Å²) in [5, 5.41) is 9.18. The van der Waals surface area contributed by atoms with Crippen molar-refractivity contribution in [1.82, 2.24) is 4.90 Å². The van der Waals surface area contributed by atoms with Gasteiger partial charge >= 0.3 is 5.97 Å². The maximum Gasteiger partial charge on any atom is 0.335 e. The number of nitrogens with zero attached hydrogens (tertiary/aromatic N) is 2. The number of ketones is 2. The largest absolute Gasteiger partial charge is 0.478 e. The lowest BCUT2D eigenvalue weighted by Gasteiger charge is -2.36. The average molecular weight is 418 g/mol. The number of benzene rings is 2. The van der Waals surface area contributed by atoms with Gasteiger partial charge < -0.3 is 10.0 Å². The number of allylic oxidation sites excluding steroid dienone is 2. The molecule has 0 radical (unpaired) electrons. The second-order valence-corrected chi connectivity index (χ2v) is 7.66. The summed E-state index contributed by atoms with van der Waals surface area (Å²) in [6.45, 7) is 2.58. The van der Waals surface area contributed by atoms with E-state index in [4.69, 9.17) is 0 Å². The average Bonchev–Trinajstić information content (AvgIpc) is 2.78. The number of likely N-dealkylation sites (tertiary alicyclic amines) is 1. The number of piperidine rings is 1. The predicted octanol–water partition coefficient (Wildman–Crippen LogP) is 3.51. The van der Waals surface area contributed by atoms with Crippen LogP contribution in [0.4, 0.5) is 5.69 Å². The van der Waals surface area contributed by atoms with Crippen LogP contribution in [0.1, 0.15) is 57.3 Å². The molecule has 7 nitrogen and oxygen atoms in total. The highest BCUT2D eigenvalue weighted by molar-refractivity contribution is 6.29. The summed E-state index contributed by atoms with van der Waals surface area (Å²) >= 11 is 0. The van der Waals surface area contributed by atoms with Crippen LogP contribution in [0.3, 0.4) is 0 Å². The molecule has 1 aliphatic carbocycles. The number of hydrogen-bond donors (Lipinski definition) is 1. The van der Waals surface area contributed by atoms with Crippen molar-refractivity contribution in [3.05, 3.63) is 76.6 Å². The van der Waals surface area contributed by atoms with Crippen molar-refractivity contribution in [2.45, 2.75) is 26.2 Å². The highest BCUT2D eigenvalue weighted by Gasteiger charge is 2.39. The molecule has 0 spiro atoms. The molecule has 1 saturated heterocycles. The normalized spacial score (nSPS) is 16.2. The van der Waals surface area contributed by atoms with E-state index in [0.717, 1.165) is 19.3 Å². The number of rotatable bonds is 4. The quantitative estimate of drug-likeness (QED) is 0.816. The second kappa shape index (κ2) is 8.18. The minimum absolute atomic E-state index is 0.0289. The Labute approximate surface area is 179 Å². The summed E-state index contributed by atoms with van der Waals surface area (Å²) in [5.74, 6) is -2.20. The molecule has 1 aliphatic heterocycles. The van der Waals surface area contributed by atoms with Gasteiger partial charge in [-0.05, 0) is 43.5 Å². The molecule has 7 heteroatoms. The van der Waals surface area contributed by atoms with Gasteiger partial charge in [-0.1, -0.05) is 24.3 Å². The van der Waals surface area contributed by atoms with Crippen LogP contribution in [-0.2, 0) is 4.79 Å². The fourth-order valence-electron chi connectivity index (χ4n) is 4.19. The van der Waals surface area contributed by atoms with E-state index in [1.807, 2.05) is 4.90 Å². The molecule has 1 heterocycles. The van der Waals surface area contributed by atoms with Crippen LogP contribution in [0, 0.1) is 0 Å². The van der Waals surface area contributed by atoms with Gasteiger partial charge in [0.25, 0.3) is 0 Å². The summed E-state index contributed by atoms with van der Waals surface area (Å²) < 4.78 is 0. The van der Waals surface area contributed by atoms with Crippen LogP contribution in [0.25, 0.3) is 0 Å². The van der Waals surface area contributed by atoms with Gasteiger partial charge in [0.2, 0.25) is 17.5 Å². The smallest absolute Gasteiger partial charge is 0.335 e. The van der Waals surface area contributed by atoms with Gasteiger partial charge in [0, 0.05) is 36.8 Å². The Kier molecular flexibility index (Phi) is 5.42. The van der Waals surface area contributed by atoms with Crippen molar-refractivity contribution in [1.29, 1.82) is 0 Å². The van der Waals surface area contributed by atoms with Crippen molar-refractivity contribution >= 4 is 29.1 Å². The summed E-state index contributed by atoms with van der Waals surface area (Å²) in [6, 6.07) is 12.3. The van der Waals surface area contributed by atoms with E-state index in [2.05, 4.69) is 0 Å². The first-order chi connectivity index (χ1) is 14.9. The Balaban J connectivity index is 1.92. The van der Waals surface area contributed by atoms with E-state index >= 15 is 0 Å². The van der Waals surface area contributed by atoms with Crippen molar-refractivity contribution in [2.24, 2.45) is 0 Å². The minimum atomic E-state index is -1.09. The number of carbonyl (C=O) groups excluding carboxylic acids is 3. The highest BCUT2D eigenvalue weighted by atomic mass is 16.4. The van der Waals surface area contributed by atoms with Gasteiger partial charge in [-0.15, -0.1) is 0 Å². The number of amides is 1. The van der Waals surface area contributed by atoms with Crippen LogP contribution in [0.15, 0.2) is 59.9 Å². The lowest BCUT2D eigenvalue weighted by Crippen LogP contribution is -2.43. The molecule has 0 unspecified atom stereocenters. The maximum atomic E-state index is 13.6. The van der Waals surface area contributed by atoms with Crippen LogP contribution in [-0.4, -0.2) is 46.5 Å². The summed E-state index contributed by atoms with van der Waals surface area (Å²) in [5.41, 5.74) is 1.26. The number of carboxylic acid groups (broad SMARTS) is 1. The van der Waals surface area contributed by atoms with Crippen molar-refractivity contribution in [3.63, 3.8) is 0 Å². The molecule has 0 aromatic heterocycles. The first-order valence-electron chi connectivity index (χ1n) is 10.2. The fourth-order valence-corrected chi connectivity index (χ4v) is 4.19. The third-order valence-electron chi connectivity index (χ3n) is 5.65. The summed E-state index contributed by atoms with van der Waals surface area (Å²) in [7, 11) is 0. The zero-order chi connectivity index (χ0) is 22.1. The Bertz CT molecular complexity index is 1110. The first kappa shape index (κ1) is 20.5. The lowest BCUT2D eigenvalue weighted by atomic mass is 9.88. The molecule has 158 valence electrons. The maximum absolute atomic E-state index is 13.6. The molecule has 1 amide bonds. The van der Waals surface area contributed by atoms with E-state index in [-0.39, 0.29) is 28.3 Å². The molecule has 2 aliphatic rings. The predicted molar refractivity (Wildman–Crippen MR) is 114 cm³/mol. The van der Waals surface area contributed by atoms with Crippen LogP contribution in [0.2, 0.25) is 0 Å². The van der Waals surface area contributed by atoms with Crippen LogP contribution in [0.5, 0.6) is 0 Å². The molecule has 2 aromatic rings. The number of aromatic carboxylic acids is 1. The molecule has 1 fully saturated rings. The molecular formula is C24H22N2O5. The fraction of sp³-hybridized carbons (Fsp3) is 0.250. The van der Waals surface area contributed by atoms with Gasteiger partial charge in [-0.25, -0.2) is 4.79 Å². The highest BCUT2D eigenvalue weighted by Crippen LogP contribution is 2.34. The zero-order valence-electron chi connectivity index (χ0n) is 17.1. The minimum Gasteiger partial charge on any atom is -0.478 e. The lowest BCUT2D eigenvalue weighted by molar-refractivity contribution is -0.116. The van der Waals surface area contributed by atoms with Gasteiger partial charge in [0.15, 0.2) is 0 Å².